The van der Waals surface area contributed by atoms with Gasteiger partial charge in [0, 0.05) is 4.47 Å². The summed E-state index contributed by atoms with van der Waals surface area (Å²) in [5.74, 6) is 0.228. The zero-order valence-electron chi connectivity index (χ0n) is 12.9. The van der Waals surface area contributed by atoms with Crippen LogP contribution in [0.1, 0.15) is 29.9 Å². The van der Waals surface area contributed by atoms with Crippen molar-refractivity contribution in [3.8, 4) is 5.75 Å². The Morgan fingerprint density at radius 3 is 2.00 bits per heavy atom. The highest BCUT2D eigenvalue weighted by atomic mass is 79.9. The van der Waals surface area contributed by atoms with Crippen LogP contribution < -0.4 is 4.74 Å². The van der Waals surface area contributed by atoms with Gasteiger partial charge < -0.3 is 9.47 Å². The molecule has 2 rings (SSSR count). The van der Waals surface area contributed by atoms with E-state index in [0.717, 1.165) is 21.3 Å². The Morgan fingerprint density at radius 1 is 0.955 bits per heavy atom. The van der Waals surface area contributed by atoms with Crippen molar-refractivity contribution in [3.05, 3.63) is 64.1 Å². The van der Waals surface area contributed by atoms with Crippen LogP contribution in [0.3, 0.4) is 0 Å². The van der Waals surface area contributed by atoms with E-state index in [1.165, 1.54) is 7.11 Å². The van der Waals surface area contributed by atoms with Crippen molar-refractivity contribution in [2.24, 2.45) is 0 Å². The average Bonchev–Trinajstić information content (AvgIpc) is 2.56. The molecule has 0 spiro atoms. The third kappa shape index (κ3) is 3.69. The molecular formula is C18H19BrO3. The van der Waals surface area contributed by atoms with Gasteiger partial charge in [0.1, 0.15) is 5.75 Å². The minimum absolute atomic E-state index is 0.000434. The molecule has 4 heteroatoms. The van der Waals surface area contributed by atoms with Crippen LogP contribution in [0.25, 0.3) is 0 Å². The van der Waals surface area contributed by atoms with Gasteiger partial charge in [0.25, 0.3) is 0 Å². The zero-order valence-corrected chi connectivity index (χ0v) is 14.5. The van der Waals surface area contributed by atoms with E-state index < -0.39 is 0 Å². The summed E-state index contributed by atoms with van der Waals surface area (Å²) >= 11 is 3.42. The summed E-state index contributed by atoms with van der Waals surface area (Å²) in [5, 5.41) is 0. The van der Waals surface area contributed by atoms with Gasteiger partial charge in [0.15, 0.2) is 0 Å². The van der Waals surface area contributed by atoms with Crippen LogP contribution in [-0.4, -0.2) is 20.2 Å². The van der Waals surface area contributed by atoms with Crippen molar-refractivity contribution in [2.45, 2.75) is 18.8 Å². The molecule has 0 aliphatic rings. The number of hydrogen-bond acceptors (Lipinski definition) is 3. The molecule has 0 aliphatic heterocycles. The quantitative estimate of drug-likeness (QED) is 0.733. The van der Waals surface area contributed by atoms with E-state index in [4.69, 9.17) is 9.47 Å². The lowest BCUT2D eigenvalue weighted by molar-refractivity contribution is -0.142. The fourth-order valence-electron chi connectivity index (χ4n) is 2.53. The summed E-state index contributed by atoms with van der Waals surface area (Å²) < 4.78 is 11.2. The number of esters is 1. The van der Waals surface area contributed by atoms with Gasteiger partial charge in [-0.15, -0.1) is 0 Å². The second-order valence-corrected chi connectivity index (χ2v) is 6.03. The van der Waals surface area contributed by atoms with Gasteiger partial charge >= 0.3 is 5.97 Å². The molecule has 0 unspecified atom stereocenters. The van der Waals surface area contributed by atoms with E-state index in [9.17, 15) is 4.79 Å². The normalized spacial score (nSPS) is 13.3. The summed E-state index contributed by atoms with van der Waals surface area (Å²) in [6.07, 6.45) is 0. The van der Waals surface area contributed by atoms with E-state index in [-0.39, 0.29) is 17.8 Å². The molecule has 0 radical (unpaired) electrons. The third-order valence-corrected chi connectivity index (χ3v) is 4.35. The van der Waals surface area contributed by atoms with Crippen molar-refractivity contribution in [3.63, 3.8) is 0 Å². The monoisotopic (exact) mass is 362 g/mol. The first-order chi connectivity index (χ1) is 10.6. The lowest BCUT2D eigenvalue weighted by atomic mass is 9.82. The highest BCUT2D eigenvalue weighted by molar-refractivity contribution is 9.10. The summed E-state index contributed by atoms with van der Waals surface area (Å²) in [4.78, 5) is 12.3. The third-order valence-electron chi connectivity index (χ3n) is 3.83. The van der Waals surface area contributed by atoms with Gasteiger partial charge in [-0.3, -0.25) is 4.79 Å². The van der Waals surface area contributed by atoms with E-state index in [0.29, 0.717) is 0 Å². The predicted octanol–water partition coefficient (Wildman–Crippen LogP) is 4.52. The number of carbonyl (C=O) groups is 1. The van der Waals surface area contributed by atoms with Crippen LogP contribution in [-0.2, 0) is 9.53 Å². The number of halogens is 1. The fraction of sp³-hybridized carbons (Fsp3) is 0.278. The maximum atomic E-state index is 12.3. The first kappa shape index (κ1) is 16.6. The molecule has 0 heterocycles. The Kier molecular flexibility index (Phi) is 5.61. The Morgan fingerprint density at radius 2 is 1.50 bits per heavy atom. The Hall–Kier alpha value is -1.81. The highest BCUT2D eigenvalue weighted by Gasteiger charge is 2.28. The molecule has 0 aliphatic carbocycles. The molecule has 0 fully saturated rings. The van der Waals surface area contributed by atoms with Gasteiger partial charge in [-0.1, -0.05) is 47.1 Å². The van der Waals surface area contributed by atoms with Crippen molar-refractivity contribution < 1.29 is 14.3 Å². The molecule has 0 aromatic heterocycles. The molecule has 3 nitrogen and oxygen atoms in total. The fourth-order valence-corrected chi connectivity index (χ4v) is 2.79. The van der Waals surface area contributed by atoms with Crippen molar-refractivity contribution in [2.75, 3.05) is 14.2 Å². The second-order valence-electron chi connectivity index (χ2n) is 5.11. The maximum Gasteiger partial charge on any atom is 0.313 e. The number of ether oxygens (including phenoxy) is 2. The first-order valence-electron chi connectivity index (χ1n) is 7.04. The summed E-state index contributed by atoms with van der Waals surface area (Å²) in [5.41, 5.74) is 2.01. The van der Waals surface area contributed by atoms with Gasteiger partial charge in [-0.05, 0) is 41.3 Å². The maximum absolute atomic E-state index is 12.3. The summed E-state index contributed by atoms with van der Waals surface area (Å²) in [6, 6.07) is 15.6. The number of hydrogen-bond donors (Lipinski definition) is 0. The summed E-state index contributed by atoms with van der Waals surface area (Å²) in [6.45, 7) is 2.03. The Bertz CT molecular complexity index is 620. The molecule has 116 valence electrons. The number of rotatable bonds is 5. The van der Waals surface area contributed by atoms with E-state index in [2.05, 4.69) is 15.9 Å². The topological polar surface area (TPSA) is 35.5 Å². The average molecular weight is 363 g/mol. The number of benzene rings is 2. The van der Waals surface area contributed by atoms with Gasteiger partial charge in [0.2, 0.25) is 0 Å². The van der Waals surface area contributed by atoms with Crippen molar-refractivity contribution >= 4 is 21.9 Å². The standard InChI is InChI=1S/C18H19BrO3/c1-12(13-6-10-16(21-2)11-7-13)17(18(20)22-3)14-4-8-15(19)9-5-14/h4-12,17H,1-3H3/t12-,17-/m1/s1. The smallest absolute Gasteiger partial charge is 0.313 e. The molecule has 2 aromatic carbocycles. The Labute approximate surface area is 139 Å². The van der Waals surface area contributed by atoms with Crippen molar-refractivity contribution in [1.29, 1.82) is 0 Å². The largest absolute Gasteiger partial charge is 0.497 e. The predicted molar refractivity (Wildman–Crippen MR) is 90.3 cm³/mol. The lowest BCUT2D eigenvalue weighted by Crippen LogP contribution is -2.20. The molecule has 2 atom stereocenters. The van der Waals surface area contributed by atoms with E-state index in [1.54, 1.807) is 7.11 Å². The van der Waals surface area contributed by atoms with Gasteiger partial charge in [0.05, 0.1) is 20.1 Å². The molecule has 0 amide bonds. The molecule has 0 N–H and O–H groups in total. The minimum Gasteiger partial charge on any atom is -0.497 e. The van der Waals surface area contributed by atoms with E-state index in [1.807, 2.05) is 55.5 Å². The SMILES string of the molecule is COC(=O)[C@@H](c1ccc(Br)cc1)[C@H](C)c1ccc(OC)cc1. The highest BCUT2D eigenvalue weighted by Crippen LogP contribution is 2.35. The Balaban J connectivity index is 2.35. The second kappa shape index (κ2) is 7.45. The van der Waals surface area contributed by atoms with Crippen LogP contribution in [0.2, 0.25) is 0 Å². The molecular weight excluding hydrogens is 344 g/mol. The number of carbonyl (C=O) groups excluding carboxylic acids is 1. The minimum atomic E-state index is -0.341. The van der Waals surface area contributed by atoms with Gasteiger partial charge in [-0.2, -0.15) is 0 Å². The van der Waals surface area contributed by atoms with Crippen LogP contribution in [0, 0.1) is 0 Å². The molecule has 0 saturated carbocycles. The zero-order chi connectivity index (χ0) is 16.1. The molecule has 0 bridgehead atoms. The lowest BCUT2D eigenvalue weighted by Gasteiger charge is -2.23. The van der Waals surface area contributed by atoms with Crippen LogP contribution in [0.15, 0.2) is 53.0 Å². The van der Waals surface area contributed by atoms with Crippen LogP contribution in [0.5, 0.6) is 5.75 Å². The van der Waals surface area contributed by atoms with Crippen LogP contribution >= 0.6 is 15.9 Å². The number of methoxy groups -OCH3 is 2. The van der Waals surface area contributed by atoms with Crippen LogP contribution in [0.4, 0.5) is 0 Å². The van der Waals surface area contributed by atoms with E-state index >= 15 is 0 Å². The summed E-state index contributed by atoms with van der Waals surface area (Å²) in [7, 11) is 3.06. The molecule has 22 heavy (non-hydrogen) atoms. The van der Waals surface area contributed by atoms with Crippen molar-refractivity contribution in [1.82, 2.24) is 0 Å². The van der Waals surface area contributed by atoms with Gasteiger partial charge in [-0.25, -0.2) is 0 Å². The molecule has 2 aromatic rings. The molecule has 0 saturated heterocycles. The first-order valence-corrected chi connectivity index (χ1v) is 7.83.